The monoisotopic (exact) mass is 502 g/mol. The molecule has 4 rings (SSSR count). The van der Waals surface area contributed by atoms with Gasteiger partial charge in [-0.3, -0.25) is 14.3 Å². The maximum Gasteiger partial charge on any atom is 0.357 e. The van der Waals surface area contributed by atoms with Crippen LogP contribution in [-0.2, 0) is 16.8 Å². The van der Waals surface area contributed by atoms with Crippen LogP contribution in [0.3, 0.4) is 0 Å². The van der Waals surface area contributed by atoms with Crippen molar-refractivity contribution in [1.82, 2.24) is 9.78 Å². The van der Waals surface area contributed by atoms with Crippen LogP contribution in [0.4, 0.5) is 5.69 Å². The van der Waals surface area contributed by atoms with Crippen molar-refractivity contribution in [3.05, 3.63) is 83.6 Å². The number of aromatic nitrogens is 2. The molecule has 1 atom stereocenters. The van der Waals surface area contributed by atoms with Gasteiger partial charge in [0.2, 0.25) is 5.91 Å². The van der Waals surface area contributed by atoms with Crippen LogP contribution in [0, 0.1) is 0 Å². The highest BCUT2D eigenvalue weighted by Crippen LogP contribution is 2.31. The molecular formula is C27H26N4O6. The quantitative estimate of drug-likeness (QED) is 0.318. The number of hydrogen-bond acceptors (Lipinski definition) is 6. The predicted molar refractivity (Wildman–Crippen MR) is 137 cm³/mol. The zero-order chi connectivity index (χ0) is 26.7. The van der Waals surface area contributed by atoms with Gasteiger partial charge >= 0.3 is 5.97 Å². The number of carbonyl (C=O) groups excluding carboxylic acids is 2. The van der Waals surface area contributed by atoms with Gasteiger partial charge in [-0.05, 0) is 48.9 Å². The molecule has 0 fully saturated rings. The van der Waals surface area contributed by atoms with E-state index in [2.05, 4.69) is 10.4 Å². The van der Waals surface area contributed by atoms with Gasteiger partial charge in [-0.15, -0.1) is 0 Å². The minimum atomic E-state index is -1.27. The standard InChI is InChI=1S/C27H26N4O6/c1-27(26(28)35,15-31-20-10-5-4-9-19(20)23(30-31)25(33)34)17-7-6-8-18(14-17)29-24(32)16-11-12-21(36-2)22(13-16)37-3/h4-14H,15H2,1-3H3,(H2,28,35)(H,29,32)(H,33,34). The van der Waals surface area contributed by atoms with Crippen LogP contribution >= 0.6 is 0 Å². The van der Waals surface area contributed by atoms with Crippen molar-refractivity contribution in [2.75, 3.05) is 19.5 Å². The minimum absolute atomic E-state index is 0.0107. The average molecular weight is 503 g/mol. The number of carboxylic acid groups (broad SMARTS) is 1. The molecule has 1 unspecified atom stereocenters. The fraction of sp³-hybridized carbons (Fsp3) is 0.185. The van der Waals surface area contributed by atoms with Gasteiger partial charge in [0.25, 0.3) is 5.91 Å². The number of rotatable bonds is 9. The Bertz CT molecular complexity index is 1510. The number of hydrogen-bond donors (Lipinski definition) is 3. The summed E-state index contributed by atoms with van der Waals surface area (Å²) in [7, 11) is 2.99. The molecule has 10 heteroatoms. The number of anilines is 1. The molecule has 1 heterocycles. The van der Waals surface area contributed by atoms with E-state index in [9.17, 15) is 19.5 Å². The van der Waals surface area contributed by atoms with E-state index in [4.69, 9.17) is 15.2 Å². The normalized spacial score (nSPS) is 12.5. The zero-order valence-electron chi connectivity index (χ0n) is 20.5. The summed E-state index contributed by atoms with van der Waals surface area (Å²) in [5, 5.41) is 17.1. The smallest absolute Gasteiger partial charge is 0.357 e. The van der Waals surface area contributed by atoms with E-state index in [1.54, 1.807) is 73.7 Å². The maximum atomic E-state index is 12.9. The van der Waals surface area contributed by atoms with E-state index in [1.165, 1.54) is 18.9 Å². The Morgan fingerprint density at radius 2 is 1.73 bits per heavy atom. The number of carboxylic acids is 1. The SMILES string of the molecule is COc1ccc(C(=O)Nc2cccc(C(C)(Cn3nc(C(=O)O)c4ccccc43)C(N)=O)c2)cc1OC. The van der Waals surface area contributed by atoms with Gasteiger partial charge in [0, 0.05) is 16.6 Å². The zero-order valence-corrected chi connectivity index (χ0v) is 20.5. The molecule has 0 spiro atoms. The maximum absolute atomic E-state index is 12.9. The number of methoxy groups -OCH3 is 2. The predicted octanol–water partition coefficient (Wildman–Crippen LogP) is 3.45. The number of amides is 2. The van der Waals surface area contributed by atoms with Gasteiger partial charge in [-0.25, -0.2) is 4.79 Å². The highest BCUT2D eigenvalue weighted by Gasteiger charge is 2.35. The molecule has 4 aromatic rings. The van der Waals surface area contributed by atoms with Gasteiger partial charge in [-0.2, -0.15) is 5.10 Å². The lowest BCUT2D eigenvalue weighted by Crippen LogP contribution is -2.42. The summed E-state index contributed by atoms with van der Waals surface area (Å²) in [5.74, 6) is -1.28. The summed E-state index contributed by atoms with van der Waals surface area (Å²) in [6, 6.07) is 18.5. The number of nitrogens with two attached hydrogens (primary N) is 1. The first kappa shape index (κ1) is 25.2. The average Bonchev–Trinajstić information content (AvgIpc) is 3.26. The highest BCUT2D eigenvalue weighted by atomic mass is 16.5. The van der Waals surface area contributed by atoms with E-state index in [1.807, 2.05) is 0 Å². The molecule has 1 aromatic heterocycles. The summed E-state index contributed by atoms with van der Waals surface area (Å²) in [5.41, 5.74) is 6.36. The van der Waals surface area contributed by atoms with Crippen LogP contribution in [0.15, 0.2) is 66.7 Å². The first-order valence-electron chi connectivity index (χ1n) is 11.3. The van der Waals surface area contributed by atoms with E-state index in [0.717, 1.165) is 0 Å². The summed E-state index contributed by atoms with van der Waals surface area (Å²) in [4.78, 5) is 37.4. The number of para-hydroxylation sites is 1. The van der Waals surface area contributed by atoms with E-state index in [-0.39, 0.29) is 18.1 Å². The Kier molecular flexibility index (Phi) is 6.83. The molecule has 3 aromatic carbocycles. The summed E-state index contributed by atoms with van der Waals surface area (Å²) in [6.45, 7) is 1.64. The van der Waals surface area contributed by atoms with Crippen molar-refractivity contribution in [2.24, 2.45) is 5.73 Å². The highest BCUT2D eigenvalue weighted by molar-refractivity contribution is 6.05. The van der Waals surface area contributed by atoms with E-state index in [0.29, 0.717) is 39.2 Å². The lowest BCUT2D eigenvalue weighted by atomic mass is 9.81. The first-order chi connectivity index (χ1) is 17.7. The van der Waals surface area contributed by atoms with Crippen LogP contribution in [0.5, 0.6) is 11.5 Å². The molecule has 37 heavy (non-hydrogen) atoms. The Morgan fingerprint density at radius 1 is 1.00 bits per heavy atom. The molecule has 0 aliphatic rings. The Balaban J connectivity index is 1.66. The molecule has 4 N–H and O–H groups in total. The number of fused-ring (bicyclic) bond motifs is 1. The second-order valence-corrected chi connectivity index (χ2v) is 8.63. The van der Waals surface area contributed by atoms with Crippen molar-refractivity contribution in [3.63, 3.8) is 0 Å². The van der Waals surface area contributed by atoms with Gasteiger partial charge in [0.15, 0.2) is 17.2 Å². The third-order valence-corrected chi connectivity index (χ3v) is 6.27. The first-order valence-corrected chi connectivity index (χ1v) is 11.3. The van der Waals surface area contributed by atoms with Gasteiger partial charge in [0.05, 0.1) is 31.7 Å². The summed E-state index contributed by atoms with van der Waals surface area (Å²) in [6.07, 6.45) is 0. The molecule has 0 saturated carbocycles. The third-order valence-electron chi connectivity index (χ3n) is 6.27. The fourth-order valence-electron chi connectivity index (χ4n) is 4.14. The van der Waals surface area contributed by atoms with Gasteiger partial charge in [-0.1, -0.05) is 30.3 Å². The lowest BCUT2D eigenvalue weighted by molar-refractivity contribution is -0.123. The molecule has 0 aliphatic carbocycles. The molecule has 190 valence electrons. The van der Waals surface area contributed by atoms with E-state index >= 15 is 0 Å². The number of benzene rings is 3. The number of carbonyl (C=O) groups is 3. The number of nitrogens with one attached hydrogen (secondary N) is 1. The van der Waals surface area contributed by atoms with Crippen molar-refractivity contribution < 1.29 is 29.0 Å². The minimum Gasteiger partial charge on any atom is -0.493 e. The molecule has 0 aliphatic heterocycles. The van der Waals surface area contributed by atoms with Gasteiger partial charge < -0.3 is 25.6 Å². The summed E-state index contributed by atoms with van der Waals surface area (Å²) < 4.78 is 12.0. The van der Waals surface area contributed by atoms with Crippen LogP contribution in [0.2, 0.25) is 0 Å². The van der Waals surface area contributed by atoms with Crippen LogP contribution in [0.1, 0.15) is 33.3 Å². The van der Waals surface area contributed by atoms with Crippen LogP contribution in [0.25, 0.3) is 10.9 Å². The fourth-order valence-corrected chi connectivity index (χ4v) is 4.14. The van der Waals surface area contributed by atoms with Crippen molar-refractivity contribution >= 4 is 34.4 Å². The Hall–Kier alpha value is -4.86. The number of aromatic carboxylic acids is 1. The van der Waals surface area contributed by atoms with Crippen LogP contribution in [-0.4, -0.2) is 46.9 Å². The molecule has 0 bridgehead atoms. The molecular weight excluding hydrogens is 476 g/mol. The molecule has 10 nitrogen and oxygen atoms in total. The van der Waals surface area contributed by atoms with E-state index < -0.39 is 17.3 Å². The van der Waals surface area contributed by atoms with Crippen molar-refractivity contribution in [1.29, 1.82) is 0 Å². The number of ether oxygens (including phenoxy) is 2. The topological polar surface area (TPSA) is 146 Å². The van der Waals surface area contributed by atoms with Crippen molar-refractivity contribution in [3.8, 4) is 11.5 Å². The molecule has 0 radical (unpaired) electrons. The van der Waals surface area contributed by atoms with Crippen LogP contribution < -0.4 is 20.5 Å². The lowest BCUT2D eigenvalue weighted by Gasteiger charge is -2.27. The Labute approximate surface area is 212 Å². The third kappa shape index (κ3) is 4.81. The van der Waals surface area contributed by atoms with Gasteiger partial charge in [0.1, 0.15) is 0 Å². The largest absolute Gasteiger partial charge is 0.493 e. The summed E-state index contributed by atoms with van der Waals surface area (Å²) >= 11 is 0. The Morgan fingerprint density at radius 3 is 2.41 bits per heavy atom. The second-order valence-electron chi connectivity index (χ2n) is 8.63. The number of primary amides is 1. The van der Waals surface area contributed by atoms with Crippen molar-refractivity contribution in [2.45, 2.75) is 18.9 Å². The number of nitrogens with zero attached hydrogens (tertiary/aromatic N) is 2. The molecule has 0 saturated heterocycles. The molecule has 2 amide bonds. The second kappa shape index (κ2) is 10.0.